The Labute approximate surface area is 158 Å². The van der Waals surface area contributed by atoms with Crippen molar-refractivity contribution in [3.8, 4) is 0 Å². The van der Waals surface area contributed by atoms with Gasteiger partial charge in [-0.2, -0.15) is 0 Å². The van der Waals surface area contributed by atoms with Gasteiger partial charge in [0, 0.05) is 0 Å². The number of unbranched alkanes of at least 4 members (excludes halogenated alkanes) is 1. The zero-order valence-electron chi connectivity index (χ0n) is 15.3. The Balaban J connectivity index is 5.07. The molecular weight excluding hydrogens is 498 g/mol. The molecule has 0 amide bonds. The normalized spacial score (nSPS) is 14.0. The molecule has 0 saturated carbocycles. The third-order valence-corrected chi connectivity index (χ3v) is 17.3. The van der Waals surface area contributed by atoms with E-state index in [1.54, 1.807) is 0 Å². The Morgan fingerprint density at radius 3 is 1.19 bits per heavy atom. The topological polar surface area (TPSA) is 9.23 Å². The fourth-order valence-corrected chi connectivity index (χ4v) is 14.9. The van der Waals surface area contributed by atoms with E-state index in [1.807, 2.05) is 6.92 Å². The number of alkyl halides is 9. The molecule has 11 heteroatoms. The van der Waals surface area contributed by atoms with Crippen molar-refractivity contribution in [3.63, 3.8) is 0 Å². The summed E-state index contributed by atoms with van der Waals surface area (Å²) in [6.07, 6.45) is -16.1. The summed E-state index contributed by atoms with van der Waals surface area (Å²) in [5.74, 6) is 0. The van der Waals surface area contributed by atoms with Crippen molar-refractivity contribution in [1.29, 1.82) is 0 Å². The Morgan fingerprint density at radius 1 is 0.593 bits per heavy atom. The summed E-state index contributed by atoms with van der Waals surface area (Å²) < 4.78 is 118. The van der Waals surface area contributed by atoms with Crippen LogP contribution in [0.3, 0.4) is 0 Å². The van der Waals surface area contributed by atoms with Gasteiger partial charge in [0.25, 0.3) is 0 Å². The van der Waals surface area contributed by atoms with Gasteiger partial charge in [-0.25, -0.2) is 0 Å². The first-order chi connectivity index (χ1) is 12.2. The van der Waals surface area contributed by atoms with Crippen LogP contribution in [0, 0.1) is 0 Å². The second-order valence-corrected chi connectivity index (χ2v) is 18.6. The Morgan fingerprint density at radius 2 is 0.926 bits per heavy atom. The first kappa shape index (κ1) is 27.1. The summed E-state index contributed by atoms with van der Waals surface area (Å²) in [7, 11) is 0. The molecule has 0 radical (unpaired) electrons. The average molecular weight is 525 g/mol. The summed E-state index contributed by atoms with van der Waals surface area (Å²) in [5.41, 5.74) is 0. The van der Waals surface area contributed by atoms with Crippen molar-refractivity contribution in [2.45, 2.75) is 90.1 Å². The maximum atomic E-state index is 12.4. The first-order valence-electron chi connectivity index (χ1n) is 9.02. The van der Waals surface area contributed by atoms with Crippen LogP contribution in [0.1, 0.15) is 58.3 Å². The molecule has 0 fully saturated rings. The molecule has 0 aromatic rings. The van der Waals surface area contributed by atoms with Gasteiger partial charge in [-0.1, -0.05) is 0 Å². The van der Waals surface area contributed by atoms with Crippen LogP contribution in [0.4, 0.5) is 39.5 Å². The standard InChI is InChI=1S/3C4H6F3.C4H9O.Sn/c3*1-2-3-4(5,6)7;1-2-3-4-5;/h3*1-3H2;2-4H2,1H3;/q;;;-1;+1. The summed E-state index contributed by atoms with van der Waals surface area (Å²) in [6, 6.07) is 0. The molecule has 27 heavy (non-hydrogen) atoms. The quantitative estimate of drug-likeness (QED) is 0.136. The van der Waals surface area contributed by atoms with Gasteiger partial charge in [-0.05, 0) is 0 Å². The number of halogens is 9. The molecule has 0 saturated heterocycles. The van der Waals surface area contributed by atoms with Crippen molar-refractivity contribution in [2.75, 3.05) is 6.61 Å². The number of hydrogen-bond donors (Lipinski definition) is 0. The molecule has 0 atom stereocenters. The summed E-state index contributed by atoms with van der Waals surface area (Å²) in [6.45, 7) is 2.04. The Bertz CT molecular complexity index is 341. The Kier molecular flexibility index (Phi) is 12.0. The molecule has 0 aliphatic rings. The van der Waals surface area contributed by atoms with Crippen LogP contribution in [0.5, 0.6) is 0 Å². The van der Waals surface area contributed by atoms with Crippen LogP contribution in [0.15, 0.2) is 0 Å². The molecule has 1 nitrogen and oxygen atoms in total. The van der Waals surface area contributed by atoms with E-state index in [2.05, 4.69) is 0 Å². The van der Waals surface area contributed by atoms with Crippen molar-refractivity contribution < 1.29 is 42.6 Å². The van der Waals surface area contributed by atoms with Gasteiger partial charge in [0.15, 0.2) is 0 Å². The second-order valence-electron chi connectivity index (χ2n) is 6.79. The van der Waals surface area contributed by atoms with Crippen LogP contribution in [-0.4, -0.2) is 43.9 Å². The first-order valence-corrected chi connectivity index (χ1v) is 16.2. The molecule has 0 unspecified atom stereocenters. The van der Waals surface area contributed by atoms with E-state index in [0.29, 0.717) is 6.42 Å². The predicted octanol–water partition coefficient (Wildman–Crippen LogP) is 7.78. The van der Waals surface area contributed by atoms with E-state index in [4.69, 9.17) is 3.07 Å². The average Bonchev–Trinajstić information content (AvgIpc) is 2.43. The molecule has 164 valence electrons. The number of rotatable bonds is 13. The third-order valence-electron chi connectivity index (χ3n) is 4.18. The monoisotopic (exact) mass is 526 g/mol. The van der Waals surface area contributed by atoms with Crippen molar-refractivity contribution in [2.24, 2.45) is 0 Å². The molecule has 0 aliphatic carbocycles. The SMILES string of the molecule is CCCC[O][Sn]([CH2]CCC(F)(F)F)([CH2]CCC(F)(F)F)[CH2]CCC(F)(F)F. The minimum atomic E-state index is -4.40. The fraction of sp³-hybridized carbons (Fsp3) is 1.00. The molecule has 0 aliphatic heterocycles. The molecular formula is C16H27F9OSn. The second kappa shape index (κ2) is 12.0. The molecule has 0 aromatic carbocycles. The van der Waals surface area contributed by atoms with E-state index in [0.717, 1.165) is 6.42 Å². The van der Waals surface area contributed by atoms with E-state index in [-0.39, 0.29) is 39.2 Å². The van der Waals surface area contributed by atoms with Gasteiger partial charge in [0.2, 0.25) is 0 Å². The summed E-state index contributed by atoms with van der Waals surface area (Å²) in [4.78, 5) is 0. The van der Waals surface area contributed by atoms with Gasteiger partial charge in [0.1, 0.15) is 0 Å². The van der Waals surface area contributed by atoms with Gasteiger partial charge in [-0.3, -0.25) is 0 Å². The van der Waals surface area contributed by atoms with Gasteiger partial charge in [-0.15, -0.1) is 0 Å². The van der Waals surface area contributed by atoms with Crippen LogP contribution < -0.4 is 0 Å². The molecule has 0 rings (SSSR count). The van der Waals surface area contributed by atoms with Crippen LogP contribution >= 0.6 is 0 Å². The van der Waals surface area contributed by atoms with E-state index in [1.165, 1.54) is 0 Å². The zero-order chi connectivity index (χ0) is 21.2. The maximum absolute atomic E-state index is 12.4. The summed E-state index contributed by atoms with van der Waals surface area (Å²) >= 11 is -4.02. The fourth-order valence-electron chi connectivity index (χ4n) is 2.86. The Hall–Kier alpha value is 0.129. The van der Waals surface area contributed by atoms with Crippen LogP contribution in [0.25, 0.3) is 0 Å². The van der Waals surface area contributed by atoms with Crippen molar-refractivity contribution in [1.82, 2.24) is 0 Å². The molecule has 0 aromatic heterocycles. The third kappa shape index (κ3) is 16.8. The zero-order valence-corrected chi connectivity index (χ0v) is 18.1. The molecule has 0 heterocycles. The molecule has 0 N–H and O–H groups in total. The van der Waals surface area contributed by atoms with Crippen molar-refractivity contribution in [3.05, 3.63) is 0 Å². The van der Waals surface area contributed by atoms with E-state index >= 15 is 0 Å². The molecule has 0 bridgehead atoms. The van der Waals surface area contributed by atoms with Crippen LogP contribution in [0.2, 0.25) is 13.3 Å². The van der Waals surface area contributed by atoms with Gasteiger partial charge in [0.05, 0.1) is 0 Å². The predicted molar refractivity (Wildman–Crippen MR) is 86.9 cm³/mol. The molecule has 0 spiro atoms. The van der Waals surface area contributed by atoms with Gasteiger partial charge < -0.3 is 0 Å². The van der Waals surface area contributed by atoms with Crippen LogP contribution in [-0.2, 0) is 3.07 Å². The summed E-state index contributed by atoms with van der Waals surface area (Å²) in [5, 5.41) is 0. The van der Waals surface area contributed by atoms with E-state index < -0.39 is 56.6 Å². The number of hydrogen-bond acceptors (Lipinski definition) is 1. The van der Waals surface area contributed by atoms with Gasteiger partial charge >= 0.3 is 158 Å². The van der Waals surface area contributed by atoms with Crippen molar-refractivity contribution >= 4 is 18.8 Å². The van der Waals surface area contributed by atoms with E-state index in [9.17, 15) is 39.5 Å². The minimum absolute atomic E-state index is 0.00633.